The number of carbonyl (C=O) groups excluding carboxylic acids is 3. The van der Waals surface area contributed by atoms with Crippen molar-refractivity contribution in [1.29, 1.82) is 0 Å². The van der Waals surface area contributed by atoms with Crippen LogP contribution in [0.2, 0.25) is 0 Å². The number of rotatable bonds is 6. The predicted octanol–water partition coefficient (Wildman–Crippen LogP) is 1.29. The van der Waals surface area contributed by atoms with E-state index in [-0.39, 0.29) is 29.2 Å². The van der Waals surface area contributed by atoms with Gasteiger partial charge in [0.2, 0.25) is 0 Å². The Morgan fingerprint density at radius 3 is 2.05 bits per heavy atom. The van der Waals surface area contributed by atoms with Crippen LogP contribution in [0.4, 0.5) is 3.89 Å². The molecule has 1 aromatic carbocycles. The van der Waals surface area contributed by atoms with Gasteiger partial charge in [0.1, 0.15) is 0 Å². The summed E-state index contributed by atoms with van der Waals surface area (Å²) < 4.78 is 38.7. The van der Waals surface area contributed by atoms with Gasteiger partial charge >= 0.3 is 33.3 Å². The maximum Gasteiger partial charge on any atom is 2.00 e. The number of hydrogen-bond donors (Lipinski definition) is 0. The molecule has 1 unspecified atom stereocenters. The van der Waals surface area contributed by atoms with E-state index in [0.717, 1.165) is 31.2 Å². The van der Waals surface area contributed by atoms with Gasteiger partial charge in [-0.2, -0.15) is 8.42 Å². The molecule has 0 N–H and O–H groups in total. The molecule has 1 atom stereocenters. The van der Waals surface area contributed by atoms with Gasteiger partial charge in [-0.3, -0.25) is 14.4 Å². The smallest absolute Gasteiger partial charge is 0.465 e. The van der Waals surface area contributed by atoms with Crippen LogP contribution in [0, 0.1) is 5.92 Å². The van der Waals surface area contributed by atoms with Crippen molar-refractivity contribution in [3.8, 4) is 0 Å². The van der Waals surface area contributed by atoms with E-state index in [1.54, 1.807) is 0 Å². The minimum Gasteiger partial charge on any atom is -0.465 e. The normalized spacial score (nSPS) is 12.0. The van der Waals surface area contributed by atoms with Crippen molar-refractivity contribution in [2.24, 2.45) is 5.92 Å². The summed E-state index contributed by atoms with van der Waals surface area (Å²) in [6.45, 7) is 2.61. The fourth-order valence-electron chi connectivity index (χ4n) is 1.63. The first-order valence-electron chi connectivity index (χ1n) is 5.94. The molecule has 123 valence electrons. The maximum absolute atomic E-state index is 12.7. The molecule has 0 aliphatic carbocycles. The van der Waals surface area contributed by atoms with Crippen LogP contribution in [0.25, 0.3) is 0 Å². The van der Waals surface area contributed by atoms with Gasteiger partial charge in [-0.15, -0.1) is 3.89 Å². The van der Waals surface area contributed by atoms with Gasteiger partial charge < -0.3 is 4.74 Å². The number of halogens is 1. The summed E-state index contributed by atoms with van der Waals surface area (Å²) in [4.78, 5) is 34.5. The maximum atomic E-state index is 12.7. The Morgan fingerprint density at radius 1 is 1.18 bits per heavy atom. The molecule has 0 saturated heterocycles. The van der Waals surface area contributed by atoms with Crippen LogP contribution < -0.4 is 0 Å². The van der Waals surface area contributed by atoms with E-state index in [0.29, 0.717) is 0 Å². The van der Waals surface area contributed by atoms with Crippen molar-refractivity contribution >= 4 is 27.8 Å². The second-order valence-corrected chi connectivity index (χ2v) is 5.47. The van der Waals surface area contributed by atoms with E-state index in [1.165, 1.54) is 6.92 Å². The third-order valence-corrected chi connectivity index (χ3v) is 3.45. The second-order valence-electron chi connectivity index (χ2n) is 4.12. The van der Waals surface area contributed by atoms with E-state index in [4.69, 9.17) is 0 Å². The van der Waals surface area contributed by atoms with Gasteiger partial charge in [0.25, 0.3) is 0 Å². The molecule has 0 aliphatic heterocycles. The topological polar surface area (TPSA) is 94.6 Å². The Labute approximate surface area is 137 Å². The van der Waals surface area contributed by atoms with Crippen LogP contribution >= 0.6 is 0 Å². The largest absolute Gasteiger partial charge is 2.00 e. The molecular weight excluding hydrogens is 367 g/mol. The van der Waals surface area contributed by atoms with Gasteiger partial charge in [-0.25, -0.2) is 0 Å². The molecule has 6 nitrogen and oxygen atoms in total. The molecule has 0 saturated carbocycles. The second kappa shape index (κ2) is 8.16. The molecule has 0 heterocycles. The number of Topliss-reactive ketones (excluding diaryl/α,β-unsaturated/α-hetero) is 2. The van der Waals surface area contributed by atoms with E-state index in [9.17, 15) is 26.7 Å². The van der Waals surface area contributed by atoms with Gasteiger partial charge in [-0.1, -0.05) is 0 Å². The molecule has 0 bridgehead atoms. The minimum absolute atomic E-state index is 0. The molecule has 0 spiro atoms. The summed E-state index contributed by atoms with van der Waals surface area (Å²) >= 11 is 0. The van der Waals surface area contributed by atoms with Gasteiger partial charge in [0, 0.05) is 5.56 Å². The molecule has 0 aromatic heterocycles. The molecule has 1 radical (unpaired) electrons. The molecular formula is C13H13CuFO6S+2. The Hall–Kier alpha value is -1.57. The van der Waals surface area contributed by atoms with Gasteiger partial charge in [0.05, 0.1) is 11.5 Å². The average molecular weight is 380 g/mol. The van der Waals surface area contributed by atoms with Crippen LogP contribution in [0.1, 0.15) is 24.2 Å². The van der Waals surface area contributed by atoms with Crippen LogP contribution in [0.3, 0.4) is 0 Å². The fraction of sp³-hybridized carbons (Fsp3) is 0.308. The zero-order chi connectivity index (χ0) is 16.2. The summed E-state index contributed by atoms with van der Waals surface area (Å²) in [6.07, 6.45) is 0. The summed E-state index contributed by atoms with van der Waals surface area (Å²) in [7, 11) is -4.88. The van der Waals surface area contributed by atoms with Crippen molar-refractivity contribution in [1.82, 2.24) is 0 Å². The Balaban J connectivity index is 0.00000441. The number of ether oxygens (including phenoxy) is 1. The minimum atomic E-state index is -4.88. The van der Waals surface area contributed by atoms with E-state index in [1.807, 2.05) is 0 Å². The Morgan fingerprint density at radius 2 is 1.68 bits per heavy atom. The molecule has 0 amide bonds. The molecule has 1 rings (SSSR count). The Kier molecular flexibility index (Phi) is 7.58. The van der Waals surface area contributed by atoms with Crippen LogP contribution in [-0.4, -0.2) is 32.6 Å². The standard InChI is InChI=1S/C13H13FO6S.Cu/c1-3-20-13(17)11(8(2)15)12(16)9-4-6-10(7-5-9)21(14,18)19;/h4-7,11H,3H2,1-2H3;/q;+2. The van der Waals surface area contributed by atoms with Crippen LogP contribution in [-0.2, 0) is 41.6 Å². The quantitative estimate of drug-likeness (QED) is 0.243. The fourth-order valence-corrected chi connectivity index (χ4v) is 2.09. The van der Waals surface area contributed by atoms with E-state index in [2.05, 4.69) is 4.74 Å². The number of ketones is 2. The van der Waals surface area contributed by atoms with Crippen molar-refractivity contribution in [2.45, 2.75) is 18.7 Å². The molecule has 22 heavy (non-hydrogen) atoms. The summed E-state index contributed by atoms with van der Waals surface area (Å²) in [5.41, 5.74) is -0.0874. The van der Waals surface area contributed by atoms with Gasteiger partial charge in [-0.05, 0) is 38.1 Å². The van der Waals surface area contributed by atoms with Gasteiger partial charge in [0.15, 0.2) is 17.5 Å². The summed E-state index contributed by atoms with van der Waals surface area (Å²) in [6, 6.07) is 3.82. The number of esters is 1. The summed E-state index contributed by atoms with van der Waals surface area (Å²) in [5, 5.41) is 0. The zero-order valence-electron chi connectivity index (χ0n) is 11.6. The van der Waals surface area contributed by atoms with Crippen molar-refractivity contribution in [3.05, 3.63) is 29.8 Å². The molecule has 1 aromatic rings. The van der Waals surface area contributed by atoms with Crippen molar-refractivity contribution < 1.29 is 48.5 Å². The molecule has 9 heteroatoms. The first-order valence-corrected chi connectivity index (χ1v) is 7.32. The SMILES string of the molecule is CCOC(=O)C(C(C)=O)C(=O)c1ccc(S(=O)(=O)F)cc1.[Cu+2]. The first kappa shape index (κ1) is 20.4. The predicted molar refractivity (Wildman–Crippen MR) is 69.9 cm³/mol. The van der Waals surface area contributed by atoms with E-state index < -0.39 is 38.6 Å². The molecule has 0 fully saturated rings. The van der Waals surface area contributed by atoms with Crippen LogP contribution in [0.5, 0.6) is 0 Å². The third kappa shape index (κ3) is 5.01. The molecule has 0 aliphatic rings. The van der Waals surface area contributed by atoms with Crippen molar-refractivity contribution in [3.63, 3.8) is 0 Å². The first-order chi connectivity index (χ1) is 9.68. The number of hydrogen-bond acceptors (Lipinski definition) is 6. The Bertz CT molecular complexity index is 668. The average Bonchev–Trinajstić information content (AvgIpc) is 2.37. The number of benzene rings is 1. The number of carbonyl (C=O) groups is 3. The van der Waals surface area contributed by atoms with Crippen molar-refractivity contribution in [2.75, 3.05) is 6.61 Å². The van der Waals surface area contributed by atoms with Crippen LogP contribution in [0.15, 0.2) is 29.2 Å². The zero-order valence-corrected chi connectivity index (χ0v) is 13.4. The third-order valence-electron chi connectivity index (χ3n) is 2.61. The monoisotopic (exact) mass is 379 g/mol. The summed E-state index contributed by atoms with van der Waals surface area (Å²) in [5.74, 6) is -4.11. The van der Waals surface area contributed by atoms with E-state index >= 15 is 0 Å².